The first kappa shape index (κ1) is 14.4. The van der Waals surface area contributed by atoms with E-state index in [1.165, 1.54) is 0 Å². The van der Waals surface area contributed by atoms with Crippen molar-refractivity contribution in [1.29, 1.82) is 0 Å². The molecule has 0 bridgehead atoms. The number of carbonyl (C=O) groups excluding carboxylic acids is 1. The summed E-state index contributed by atoms with van der Waals surface area (Å²) in [6.07, 6.45) is 0. The second-order valence-electron chi connectivity index (χ2n) is 4.50. The Bertz CT molecular complexity index is 181. The molecule has 0 radical (unpaired) electrons. The van der Waals surface area contributed by atoms with Crippen LogP contribution in [0, 0.1) is 11.8 Å². The maximum absolute atomic E-state index is 11.8. The van der Waals surface area contributed by atoms with Gasteiger partial charge in [-0.1, -0.05) is 13.8 Å². The van der Waals surface area contributed by atoms with E-state index in [1.54, 1.807) is 0 Å². The van der Waals surface area contributed by atoms with E-state index in [0.29, 0.717) is 5.92 Å². The summed E-state index contributed by atoms with van der Waals surface area (Å²) < 4.78 is 0. The van der Waals surface area contributed by atoms with Crippen molar-refractivity contribution >= 4 is 5.91 Å². The van der Waals surface area contributed by atoms with E-state index in [2.05, 4.69) is 29.4 Å². The molecule has 0 spiro atoms. The fourth-order valence-electron chi connectivity index (χ4n) is 1.38. The molecule has 0 saturated carbocycles. The Kier molecular flexibility index (Phi) is 7.34. The van der Waals surface area contributed by atoms with E-state index in [4.69, 9.17) is 0 Å². The number of nitrogens with one attached hydrogen (secondary N) is 2. The van der Waals surface area contributed by atoms with Crippen molar-refractivity contribution in [3.05, 3.63) is 0 Å². The molecule has 0 rings (SSSR count). The third-order valence-electron chi connectivity index (χ3n) is 2.42. The lowest BCUT2D eigenvalue weighted by Crippen LogP contribution is -2.41. The number of hydrogen-bond donors (Lipinski definition) is 2. The van der Waals surface area contributed by atoms with Crippen molar-refractivity contribution in [3.63, 3.8) is 0 Å². The molecule has 4 heteroatoms. The van der Waals surface area contributed by atoms with Crippen LogP contribution in [0.15, 0.2) is 0 Å². The number of carbonyl (C=O) groups is 1. The molecular weight excluding hydrogens is 190 g/mol. The molecule has 0 aromatic rings. The molecule has 0 aliphatic carbocycles. The van der Waals surface area contributed by atoms with Crippen molar-refractivity contribution in [2.24, 2.45) is 11.8 Å². The maximum atomic E-state index is 11.8. The van der Waals surface area contributed by atoms with Crippen molar-refractivity contribution in [2.45, 2.75) is 13.8 Å². The highest BCUT2D eigenvalue weighted by molar-refractivity contribution is 5.79. The Hall–Kier alpha value is -0.610. The predicted molar refractivity (Wildman–Crippen MR) is 63.8 cm³/mol. The van der Waals surface area contributed by atoms with Crippen LogP contribution < -0.4 is 10.6 Å². The van der Waals surface area contributed by atoms with Gasteiger partial charge in [-0.3, -0.25) is 4.79 Å². The lowest BCUT2D eigenvalue weighted by Gasteiger charge is -2.20. The highest BCUT2D eigenvalue weighted by Crippen LogP contribution is 2.09. The minimum absolute atomic E-state index is 0.0668. The Balaban J connectivity index is 3.92. The van der Waals surface area contributed by atoms with Gasteiger partial charge in [0, 0.05) is 19.6 Å². The van der Waals surface area contributed by atoms with E-state index in [0.717, 1.165) is 19.6 Å². The molecule has 0 aliphatic heterocycles. The van der Waals surface area contributed by atoms with Gasteiger partial charge in [-0.2, -0.15) is 0 Å². The standard InChI is InChI=1S/C11H25N3O/c1-9(2)10(8-12-3)11(15)13-6-7-14(4)5/h9-10,12H,6-8H2,1-5H3,(H,13,15). The minimum atomic E-state index is 0.0668. The zero-order valence-electron chi connectivity index (χ0n) is 10.6. The number of nitrogens with zero attached hydrogens (tertiary/aromatic N) is 1. The Morgan fingerprint density at radius 3 is 2.33 bits per heavy atom. The first-order chi connectivity index (χ1) is 6.99. The van der Waals surface area contributed by atoms with Gasteiger partial charge in [0.15, 0.2) is 0 Å². The van der Waals surface area contributed by atoms with Crippen LogP contribution in [-0.4, -0.2) is 51.6 Å². The summed E-state index contributed by atoms with van der Waals surface area (Å²) in [6.45, 7) is 6.50. The fraction of sp³-hybridized carbons (Fsp3) is 0.909. The van der Waals surface area contributed by atoms with E-state index in [1.807, 2.05) is 21.1 Å². The maximum Gasteiger partial charge on any atom is 0.224 e. The van der Waals surface area contributed by atoms with Gasteiger partial charge < -0.3 is 15.5 Å². The van der Waals surface area contributed by atoms with Crippen LogP contribution >= 0.6 is 0 Å². The topological polar surface area (TPSA) is 44.4 Å². The highest BCUT2D eigenvalue weighted by atomic mass is 16.1. The summed E-state index contributed by atoms with van der Waals surface area (Å²) in [5.41, 5.74) is 0. The first-order valence-corrected chi connectivity index (χ1v) is 5.56. The Labute approximate surface area is 93.4 Å². The van der Waals surface area contributed by atoms with E-state index < -0.39 is 0 Å². The number of hydrogen-bond acceptors (Lipinski definition) is 3. The van der Waals surface area contributed by atoms with Crippen LogP contribution in [0.3, 0.4) is 0 Å². The van der Waals surface area contributed by atoms with Crippen molar-refractivity contribution < 1.29 is 4.79 Å². The number of likely N-dealkylation sites (N-methyl/N-ethyl adjacent to an activating group) is 1. The molecule has 2 N–H and O–H groups in total. The normalized spacial score (nSPS) is 13.3. The Morgan fingerprint density at radius 1 is 1.33 bits per heavy atom. The smallest absolute Gasteiger partial charge is 0.224 e. The molecule has 0 aliphatic rings. The van der Waals surface area contributed by atoms with E-state index in [-0.39, 0.29) is 11.8 Å². The number of amides is 1. The van der Waals surface area contributed by atoms with Crippen LogP contribution in [0.25, 0.3) is 0 Å². The van der Waals surface area contributed by atoms with Crippen LogP contribution in [0.1, 0.15) is 13.8 Å². The van der Waals surface area contributed by atoms with Gasteiger partial charge in [-0.05, 0) is 27.1 Å². The molecule has 1 atom stereocenters. The summed E-state index contributed by atoms with van der Waals surface area (Å²) in [5, 5.41) is 6.02. The molecule has 1 unspecified atom stereocenters. The van der Waals surface area contributed by atoms with Crippen LogP contribution in [0.4, 0.5) is 0 Å². The van der Waals surface area contributed by atoms with Gasteiger partial charge in [0.05, 0.1) is 5.92 Å². The molecular formula is C11H25N3O. The number of rotatable bonds is 7. The molecule has 0 heterocycles. The molecule has 0 aromatic heterocycles. The second kappa shape index (κ2) is 7.65. The average molecular weight is 215 g/mol. The van der Waals surface area contributed by atoms with Crippen LogP contribution in [0.5, 0.6) is 0 Å². The fourth-order valence-corrected chi connectivity index (χ4v) is 1.38. The van der Waals surface area contributed by atoms with Crippen molar-refractivity contribution in [3.8, 4) is 0 Å². The third-order valence-corrected chi connectivity index (χ3v) is 2.42. The first-order valence-electron chi connectivity index (χ1n) is 5.56. The summed E-state index contributed by atoms with van der Waals surface area (Å²) in [5.74, 6) is 0.593. The van der Waals surface area contributed by atoms with Gasteiger partial charge in [-0.15, -0.1) is 0 Å². The monoisotopic (exact) mass is 215 g/mol. The summed E-state index contributed by atoms with van der Waals surface area (Å²) in [7, 11) is 5.88. The molecule has 0 fully saturated rings. The molecule has 0 aromatic carbocycles. The lowest BCUT2D eigenvalue weighted by atomic mass is 9.95. The molecule has 0 saturated heterocycles. The van der Waals surface area contributed by atoms with Gasteiger partial charge in [0.2, 0.25) is 5.91 Å². The highest BCUT2D eigenvalue weighted by Gasteiger charge is 2.20. The summed E-state index contributed by atoms with van der Waals surface area (Å²) in [6, 6.07) is 0. The van der Waals surface area contributed by atoms with Gasteiger partial charge >= 0.3 is 0 Å². The van der Waals surface area contributed by atoms with Gasteiger partial charge in [-0.25, -0.2) is 0 Å². The molecule has 90 valence electrons. The summed E-state index contributed by atoms with van der Waals surface area (Å²) in [4.78, 5) is 13.8. The van der Waals surface area contributed by atoms with E-state index in [9.17, 15) is 4.79 Å². The molecule has 1 amide bonds. The van der Waals surface area contributed by atoms with Crippen molar-refractivity contribution in [1.82, 2.24) is 15.5 Å². The lowest BCUT2D eigenvalue weighted by molar-refractivity contribution is -0.126. The van der Waals surface area contributed by atoms with E-state index >= 15 is 0 Å². The zero-order valence-corrected chi connectivity index (χ0v) is 10.6. The van der Waals surface area contributed by atoms with Crippen LogP contribution in [-0.2, 0) is 4.79 Å². The molecule has 15 heavy (non-hydrogen) atoms. The third kappa shape index (κ3) is 6.47. The minimum Gasteiger partial charge on any atom is -0.355 e. The largest absolute Gasteiger partial charge is 0.355 e. The van der Waals surface area contributed by atoms with Gasteiger partial charge in [0.1, 0.15) is 0 Å². The zero-order chi connectivity index (χ0) is 11.8. The average Bonchev–Trinajstić information content (AvgIpc) is 2.12. The van der Waals surface area contributed by atoms with Crippen molar-refractivity contribution in [2.75, 3.05) is 40.8 Å². The SMILES string of the molecule is CNCC(C(=O)NCCN(C)C)C(C)C. The second-order valence-corrected chi connectivity index (χ2v) is 4.50. The summed E-state index contributed by atoms with van der Waals surface area (Å²) >= 11 is 0. The Morgan fingerprint density at radius 2 is 1.93 bits per heavy atom. The quantitative estimate of drug-likeness (QED) is 0.636. The molecule has 4 nitrogen and oxygen atoms in total. The predicted octanol–water partition coefficient (Wildman–Crippen LogP) is 0.156. The van der Waals surface area contributed by atoms with Crippen LogP contribution in [0.2, 0.25) is 0 Å². The van der Waals surface area contributed by atoms with Gasteiger partial charge in [0.25, 0.3) is 0 Å².